The van der Waals surface area contributed by atoms with Crippen LogP contribution in [0, 0.1) is 11.8 Å². The lowest BCUT2D eigenvalue weighted by atomic mass is 9.94. The van der Waals surface area contributed by atoms with E-state index in [0.29, 0.717) is 12.5 Å². The molecule has 1 amide bonds. The molecule has 94 valence electrons. The van der Waals surface area contributed by atoms with Gasteiger partial charge in [-0.15, -0.1) is 0 Å². The van der Waals surface area contributed by atoms with Crippen LogP contribution in [0.5, 0.6) is 0 Å². The lowest BCUT2D eigenvalue weighted by Crippen LogP contribution is -2.42. The highest BCUT2D eigenvalue weighted by Crippen LogP contribution is 2.17. The Morgan fingerprint density at radius 2 is 1.62 bits per heavy atom. The van der Waals surface area contributed by atoms with Crippen LogP contribution >= 0.6 is 0 Å². The molecule has 1 fully saturated rings. The predicted molar refractivity (Wildman–Crippen MR) is 67.0 cm³/mol. The Balaban J connectivity index is 2.55. The first-order valence-corrected chi connectivity index (χ1v) is 6.65. The van der Waals surface area contributed by atoms with Crippen molar-refractivity contribution in [2.75, 3.05) is 19.6 Å². The maximum atomic E-state index is 12.3. The standard InChI is InChI=1S/C13H26N2O/c1-11(2)12(10-14)13(16)15-8-6-4-3-5-7-9-15/h11-12H,3-10,14H2,1-2H3. The summed E-state index contributed by atoms with van der Waals surface area (Å²) in [5.41, 5.74) is 5.70. The van der Waals surface area contributed by atoms with Crippen LogP contribution in [-0.2, 0) is 4.79 Å². The Labute approximate surface area is 99.4 Å². The molecule has 0 aromatic heterocycles. The van der Waals surface area contributed by atoms with Gasteiger partial charge in [0.25, 0.3) is 0 Å². The maximum absolute atomic E-state index is 12.3. The molecule has 1 heterocycles. The van der Waals surface area contributed by atoms with Gasteiger partial charge in [0.05, 0.1) is 5.92 Å². The number of carbonyl (C=O) groups excluding carboxylic acids is 1. The van der Waals surface area contributed by atoms with Crippen molar-refractivity contribution in [3.05, 3.63) is 0 Å². The highest BCUT2D eigenvalue weighted by atomic mass is 16.2. The largest absolute Gasteiger partial charge is 0.342 e. The van der Waals surface area contributed by atoms with Gasteiger partial charge in [-0.1, -0.05) is 33.1 Å². The molecule has 0 bridgehead atoms. The molecule has 0 aromatic carbocycles. The molecule has 3 heteroatoms. The normalized spacial score (nSPS) is 20.4. The fourth-order valence-electron chi connectivity index (χ4n) is 2.36. The molecule has 1 rings (SSSR count). The van der Waals surface area contributed by atoms with E-state index in [0.717, 1.165) is 25.9 Å². The van der Waals surface area contributed by atoms with E-state index in [-0.39, 0.29) is 11.8 Å². The van der Waals surface area contributed by atoms with E-state index in [9.17, 15) is 4.79 Å². The third-order valence-electron chi connectivity index (χ3n) is 3.54. The lowest BCUT2D eigenvalue weighted by molar-refractivity contribution is -0.137. The van der Waals surface area contributed by atoms with Crippen molar-refractivity contribution < 1.29 is 4.79 Å². The third kappa shape index (κ3) is 3.78. The molecule has 0 aromatic rings. The number of nitrogens with two attached hydrogens (primary N) is 1. The highest BCUT2D eigenvalue weighted by molar-refractivity contribution is 5.79. The Hall–Kier alpha value is -0.570. The Morgan fingerprint density at radius 1 is 1.12 bits per heavy atom. The number of hydrogen-bond acceptors (Lipinski definition) is 2. The van der Waals surface area contributed by atoms with Crippen LogP contribution in [0.2, 0.25) is 0 Å². The Bertz CT molecular complexity index is 208. The molecule has 1 unspecified atom stereocenters. The van der Waals surface area contributed by atoms with E-state index in [1.165, 1.54) is 19.3 Å². The van der Waals surface area contributed by atoms with Crippen LogP contribution in [0.3, 0.4) is 0 Å². The molecular weight excluding hydrogens is 200 g/mol. The topological polar surface area (TPSA) is 46.3 Å². The zero-order chi connectivity index (χ0) is 12.0. The second-order valence-corrected chi connectivity index (χ2v) is 5.18. The summed E-state index contributed by atoms with van der Waals surface area (Å²) in [5.74, 6) is 0.641. The van der Waals surface area contributed by atoms with Gasteiger partial charge in [0.2, 0.25) is 5.91 Å². The van der Waals surface area contributed by atoms with Crippen LogP contribution < -0.4 is 5.73 Å². The fraction of sp³-hybridized carbons (Fsp3) is 0.923. The van der Waals surface area contributed by atoms with Crippen molar-refractivity contribution in [1.82, 2.24) is 4.90 Å². The molecule has 1 saturated heterocycles. The van der Waals surface area contributed by atoms with Crippen molar-refractivity contribution in [1.29, 1.82) is 0 Å². The van der Waals surface area contributed by atoms with Crippen molar-refractivity contribution in [2.45, 2.75) is 46.0 Å². The van der Waals surface area contributed by atoms with Gasteiger partial charge < -0.3 is 10.6 Å². The number of amides is 1. The predicted octanol–water partition coefficient (Wildman–Crippen LogP) is 2.01. The quantitative estimate of drug-likeness (QED) is 0.800. The van der Waals surface area contributed by atoms with Gasteiger partial charge in [-0.05, 0) is 18.8 Å². The number of carbonyl (C=O) groups is 1. The van der Waals surface area contributed by atoms with Gasteiger partial charge in [-0.3, -0.25) is 4.79 Å². The first-order chi connectivity index (χ1) is 7.66. The van der Waals surface area contributed by atoms with Crippen LogP contribution in [0.15, 0.2) is 0 Å². The number of hydrogen-bond donors (Lipinski definition) is 1. The van der Waals surface area contributed by atoms with Crippen molar-refractivity contribution in [3.8, 4) is 0 Å². The molecule has 3 nitrogen and oxygen atoms in total. The second-order valence-electron chi connectivity index (χ2n) is 5.18. The Morgan fingerprint density at radius 3 is 2.06 bits per heavy atom. The van der Waals surface area contributed by atoms with Crippen LogP contribution in [0.1, 0.15) is 46.0 Å². The summed E-state index contributed by atoms with van der Waals surface area (Å²) >= 11 is 0. The zero-order valence-corrected chi connectivity index (χ0v) is 10.7. The van der Waals surface area contributed by atoms with E-state index >= 15 is 0 Å². The summed E-state index contributed by atoms with van der Waals surface area (Å²) in [5, 5.41) is 0. The minimum absolute atomic E-state index is 0.0134. The van der Waals surface area contributed by atoms with E-state index in [1.807, 2.05) is 4.90 Å². The van der Waals surface area contributed by atoms with Gasteiger partial charge in [0.15, 0.2) is 0 Å². The van der Waals surface area contributed by atoms with Crippen molar-refractivity contribution in [2.24, 2.45) is 17.6 Å². The van der Waals surface area contributed by atoms with Crippen LogP contribution in [0.4, 0.5) is 0 Å². The zero-order valence-electron chi connectivity index (χ0n) is 10.7. The molecule has 1 aliphatic rings. The minimum atomic E-state index is 0.0134. The smallest absolute Gasteiger partial charge is 0.227 e. The monoisotopic (exact) mass is 226 g/mol. The van der Waals surface area contributed by atoms with Gasteiger partial charge in [-0.2, -0.15) is 0 Å². The van der Waals surface area contributed by atoms with E-state index in [2.05, 4.69) is 13.8 Å². The maximum Gasteiger partial charge on any atom is 0.227 e. The molecule has 1 aliphatic heterocycles. The lowest BCUT2D eigenvalue weighted by Gasteiger charge is -2.30. The van der Waals surface area contributed by atoms with Crippen molar-refractivity contribution in [3.63, 3.8) is 0 Å². The first kappa shape index (κ1) is 13.5. The summed E-state index contributed by atoms with van der Waals surface area (Å²) in [4.78, 5) is 14.3. The molecule has 0 spiro atoms. The van der Waals surface area contributed by atoms with E-state index in [4.69, 9.17) is 5.73 Å². The van der Waals surface area contributed by atoms with Crippen LogP contribution in [-0.4, -0.2) is 30.4 Å². The summed E-state index contributed by atoms with van der Waals surface area (Å²) in [6, 6.07) is 0. The van der Waals surface area contributed by atoms with E-state index < -0.39 is 0 Å². The SMILES string of the molecule is CC(C)C(CN)C(=O)N1CCCCCCC1. The molecule has 0 aliphatic carbocycles. The molecule has 2 N–H and O–H groups in total. The molecule has 0 saturated carbocycles. The second kappa shape index (κ2) is 6.89. The summed E-state index contributed by atoms with van der Waals surface area (Å²) in [6.45, 7) is 6.51. The number of rotatable bonds is 3. The third-order valence-corrected chi connectivity index (χ3v) is 3.54. The molecular formula is C13H26N2O. The minimum Gasteiger partial charge on any atom is -0.342 e. The van der Waals surface area contributed by atoms with Crippen molar-refractivity contribution >= 4 is 5.91 Å². The average Bonchev–Trinajstić information content (AvgIpc) is 2.16. The summed E-state index contributed by atoms with van der Waals surface area (Å²) < 4.78 is 0. The average molecular weight is 226 g/mol. The molecule has 16 heavy (non-hydrogen) atoms. The first-order valence-electron chi connectivity index (χ1n) is 6.65. The van der Waals surface area contributed by atoms with Crippen LogP contribution in [0.25, 0.3) is 0 Å². The number of likely N-dealkylation sites (tertiary alicyclic amines) is 1. The van der Waals surface area contributed by atoms with Gasteiger partial charge in [0.1, 0.15) is 0 Å². The molecule has 0 radical (unpaired) electrons. The van der Waals surface area contributed by atoms with Gasteiger partial charge >= 0.3 is 0 Å². The van der Waals surface area contributed by atoms with Gasteiger partial charge in [-0.25, -0.2) is 0 Å². The number of nitrogens with zero attached hydrogens (tertiary/aromatic N) is 1. The summed E-state index contributed by atoms with van der Waals surface area (Å²) in [7, 11) is 0. The fourth-order valence-corrected chi connectivity index (χ4v) is 2.36. The van der Waals surface area contributed by atoms with Gasteiger partial charge in [0, 0.05) is 19.6 Å². The molecule has 1 atom stereocenters. The Kier molecular flexibility index (Phi) is 5.81. The highest BCUT2D eigenvalue weighted by Gasteiger charge is 2.25. The van der Waals surface area contributed by atoms with E-state index in [1.54, 1.807) is 0 Å². The summed E-state index contributed by atoms with van der Waals surface area (Å²) in [6.07, 6.45) is 6.16.